The number of alkyl halides is 2. The quantitative estimate of drug-likeness (QED) is 0.766. The topological polar surface area (TPSA) is 46.3 Å². The molecule has 0 unspecified atom stereocenters. The fraction of sp³-hybridized carbons (Fsp3) is 0.500. The Morgan fingerprint density at radius 1 is 1.04 bits per heavy atom. The number of benzene rings is 1. The third-order valence-electron chi connectivity index (χ3n) is 5.15. The molecule has 0 spiro atoms. The maximum absolute atomic E-state index is 12.8. The van der Waals surface area contributed by atoms with Crippen LogP contribution in [0.5, 0.6) is 5.75 Å². The van der Waals surface area contributed by atoms with Crippen LogP contribution in [0, 0.1) is 0 Å². The number of ether oxygens (including phenoxy) is 2. The normalized spacial score (nSPS) is 18.4. The summed E-state index contributed by atoms with van der Waals surface area (Å²) in [5, 5.41) is 3.34. The first kappa shape index (κ1) is 17.5. The van der Waals surface area contributed by atoms with Crippen molar-refractivity contribution in [1.29, 1.82) is 0 Å². The lowest BCUT2D eigenvalue weighted by Crippen LogP contribution is -2.32. The van der Waals surface area contributed by atoms with Gasteiger partial charge in [-0.3, -0.25) is 0 Å². The molecule has 2 aliphatic rings. The van der Waals surface area contributed by atoms with Gasteiger partial charge < -0.3 is 19.8 Å². The van der Waals surface area contributed by atoms with Crippen LogP contribution in [-0.4, -0.2) is 30.8 Å². The Morgan fingerprint density at radius 2 is 1.81 bits per heavy atom. The average molecular weight is 362 g/mol. The van der Waals surface area contributed by atoms with Crippen molar-refractivity contribution in [3.63, 3.8) is 0 Å². The third kappa shape index (κ3) is 3.91. The Hall–Kier alpha value is -1.92. The van der Waals surface area contributed by atoms with Crippen molar-refractivity contribution in [1.82, 2.24) is 10.3 Å². The van der Waals surface area contributed by atoms with Gasteiger partial charge in [0, 0.05) is 28.6 Å². The van der Waals surface area contributed by atoms with E-state index >= 15 is 0 Å². The zero-order valence-electron chi connectivity index (χ0n) is 14.6. The van der Waals surface area contributed by atoms with Crippen molar-refractivity contribution in [2.24, 2.45) is 0 Å². The molecule has 1 aromatic heterocycles. The molecule has 1 saturated carbocycles. The van der Waals surface area contributed by atoms with E-state index in [-0.39, 0.29) is 11.9 Å². The van der Waals surface area contributed by atoms with Crippen LogP contribution < -0.4 is 10.1 Å². The number of aromatic amines is 1. The van der Waals surface area contributed by atoms with Gasteiger partial charge in [-0.1, -0.05) is 18.2 Å². The van der Waals surface area contributed by atoms with Crippen LogP contribution in [0.15, 0.2) is 30.5 Å². The number of nitrogens with one attached hydrogen (secondary N) is 2. The molecule has 4 nitrogen and oxygen atoms in total. The summed E-state index contributed by atoms with van der Waals surface area (Å²) in [5.41, 5.74) is 3.84. The van der Waals surface area contributed by atoms with E-state index < -0.39 is 6.61 Å². The second-order valence-corrected chi connectivity index (χ2v) is 7.00. The highest BCUT2D eigenvalue weighted by Gasteiger charge is 2.30. The Labute approximate surface area is 151 Å². The van der Waals surface area contributed by atoms with Crippen LogP contribution in [-0.2, 0) is 11.3 Å². The molecule has 0 bridgehead atoms. The molecule has 2 aromatic rings. The molecular weight excluding hydrogens is 338 g/mol. The van der Waals surface area contributed by atoms with Gasteiger partial charge in [0.15, 0.2) is 0 Å². The van der Waals surface area contributed by atoms with Crippen molar-refractivity contribution < 1.29 is 18.3 Å². The number of hydrogen-bond acceptors (Lipinski definition) is 3. The van der Waals surface area contributed by atoms with Crippen molar-refractivity contribution in [2.75, 3.05) is 13.1 Å². The monoisotopic (exact) mass is 362 g/mol. The maximum Gasteiger partial charge on any atom is 0.387 e. The van der Waals surface area contributed by atoms with E-state index in [1.807, 2.05) is 18.3 Å². The zero-order chi connectivity index (χ0) is 17.9. The highest BCUT2D eigenvalue weighted by Crippen LogP contribution is 2.45. The molecule has 1 aliphatic heterocycles. The van der Waals surface area contributed by atoms with Gasteiger partial charge in [-0.2, -0.15) is 8.78 Å². The van der Waals surface area contributed by atoms with Crippen molar-refractivity contribution in [3.8, 4) is 16.9 Å². The zero-order valence-corrected chi connectivity index (χ0v) is 14.6. The van der Waals surface area contributed by atoms with Crippen molar-refractivity contribution in [3.05, 3.63) is 41.7 Å². The van der Waals surface area contributed by atoms with E-state index in [0.29, 0.717) is 18.1 Å². The summed E-state index contributed by atoms with van der Waals surface area (Å²) in [5.74, 6) is 0.727. The van der Waals surface area contributed by atoms with E-state index in [9.17, 15) is 8.78 Å². The molecule has 1 aromatic carbocycles. The van der Waals surface area contributed by atoms with Gasteiger partial charge in [-0.05, 0) is 50.8 Å². The first-order valence-corrected chi connectivity index (χ1v) is 9.29. The van der Waals surface area contributed by atoms with E-state index in [1.165, 1.54) is 5.69 Å². The molecule has 0 atom stereocenters. The molecule has 26 heavy (non-hydrogen) atoms. The third-order valence-corrected chi connectivity index (χ3v) is 5.15. The standard InChI is InChI=1S/C20H24F2N2O2/c21-20(22)26-18-4-2-1-3-15(18)16-11-24-19(13-5-6-13)17(16)12-25-14-7-9-23-10-8-14/h1-4,11,13-14,20,23-24H,5-10,12H2. The van der Waals surface area contributed by atoms with Crippen LogP contribution in [0.25, 0.3) is 11.1 Å². The van der Waals surface area contributed by atoms with Gasteiger partial charge in [-0.15, -0.1) is 0 Å². The number of H-pyrrole nitrogens is 1. The second-order valence-electron chi connectivity index (χ2n) is 7.00. The molecule has 6 heteroatoms. The van der Waals surface area contributed by atoms with Crippen LogP contribution in [0.1, 0.15) is 42.9 Å². The molecule has 2 fully saturated rings. The van der Waals surface area contributed by atoms with Crippen LogP contribution >= 0.6 is 0 Å². The summed E-state index contributed by atoms with van der Waals surface area (Å²) < 4.78 is 36.5. The summed E-state index contributed by atoms with van der Waals surface area (Å²) in [7, 11) is 0. The summed E-state index contributed by atoms with van der Waals surface area (Å²) in [6, 6.07) is 6.96. The molecule has 2 N–H and O–H groups in total. The summed E-state index contributed by atoms with van der Waals surface area (Å²) in [6.45, 7) is -0.387. The van der Waals surface area contributed by atoms with Gasteiger partial charge in [0.25, 0.3) is 0 Å². The first-order valence-electron chi connectivity index (χ1n) is 9.29. The van der Waals surface area contributed by atoms with Crippen LogP contribution in [0.2, 0.25) is 0 Å². The minimum atomic E-state index is -2.84. The molecule has 4 rings (SSSR count). The number of halogens is 2. The highest BCUT2D eigenvalue weighted by atomic mass is 19.3. The van der Waals surface area contributed by atoms with Gasteiger partial charge in [0.2, 0.25) is 0 Å². The van der Waals surface area contributed by atoms with Gasteiger partial charge >= 0.3 is 6.61 Å². The van der Waals surface area contributed by atoms with Crippen LogP contribution in [0.4, 0.5) is 8.78 Å². The number of aromatic nitrogens is 1. The Bertz CT molecular complexity index is 737. The van der Waals surface area contributed by atoms with Crippen LogP contribution in [0.3, 0.4) is 0 Å². The minimum Gasteiger partial charge on any atom is -0.434 e. The lowest BCUT2D eigenvalue weighted by Gasteiger charge is -2.23. The van der Waals surface area contributed by atoms with Crippen molar-refractivity contribution >= 4 is 0 Å². The van der Waals surface area contributed by atoms with E-state index in [0.717, 1.165) is 49.9 Å². The lowest BCUT2D eigenvalue weighted by molar-refractivity contribution is -0.0494. The average Bonchev–Trinajstić information content (AvgIpc) is 3.41. The predicted octanol–water partition coefficient (Wildman–Crippen LogP) is 4.43. The highest BCUT2D eigenvalue weighted by molar-refractivity contribution is 5.74. The first-order chi connectivity index (χ1) is 12.7. The molecule has 0 amide bonds. The number of hydrogen-bond donors (Lipinski definition) is 2. The molecule has 2 heterocycles. The van der Waals surface area contributed by atoms with E-state index in [2.05, 4.69) is 10.3 Å². The lowest BCUT2D eigenvalue weighted by atomic mass is 10.0. The molecule has 1 saturated heterocycles. The fourth-order valence-electron chi connectivity index (χ4n) is 3.65. The SMILES string of the molecule is FC(F)Oc1ccccc1-c1c[nH]c(C2CC2)c1COC1CCNCC1. The summed E-state index contributed by atoms with van der Waals surface area (Å²) >= 11 is 0. The number of para-hydroxylation sites is 1. The maximum atomic E-state index is 12.8. The fourth-order valence-corrected chi connectivity index (χ4v) is 3.65. The minimum absolute atomic E-state index is 0.201. The van der Waals surface area contributed by atoms with E-state index in [1.54, 1.807) is 12.1 Å². The van der Waals surface area contributed by atoms with Gasteiger partial charge in [0.05, 0.1) is 12.7 Å². The molecule has 0 radical (unpaired) electrons. The number of piperidine rings is 1. The molecule has 140 valence electrons. The smallest absolute Gasteiger partial charge is 0.387 e. The Kier molecular flexibility index (Phi) is 5.22. The second kappa shape index (κ2) is 7.76. The van der Waals surface area contributed by atoms with Gasteiger partial charge in [0.1, 0.15) is 5.75 Å². The predicted molar refractivity (Wildman–Crippen MR) is 95.5 cm³/mol. The summed E-state index contributed by atoms with van der Waals surface area (Å²) in [6.07, 6.45) is 6.49. The molecule has 1 aliphatic carbocycles. The van der Waals surface area contributed by atoms with E-state index in [4.69, 9.17) is 9.47 Å². The van der Waals surface area contributed by atoms with Gasteiger partial charge in [-0.25, -0.2) is 0 Å². The Morgan fingerprint density at radius 3 is 2.54 bits per heavy atom. The molecular formula is C20H24F2N2O2. The Balaban J connectivity index is 1.62. The number of rotatable bonds is 7. The van der Waals surface area contributed by atoms with Crippen molar-refractivity contribution in [2.45, 2.75) is 50.9 Å². The largest absolute Gasteiger partial charge is 0.434 e. The summed E-state index contributed by atoms with van der Waals surface area (Å²) in [4.78, 5) is 3.37.